The maximum atomic E-state index is 10.8. The lowest BCUT2D eigenvalue weighted by molar-refractivity contribution is 0.199. The van der Waals surface area contributed by atoms with Gasteiger partial charge in [-0.1, -0.05) is 13.8 Å². The molecule has 0 rings (SSSR count). The summed E-state index contributed by atoms with van der Waals surface area (Å²) in [6.45, 7) is 4.04. The second-order valence-electron chi connectivity index (χ2n) is 1.64. The molecule has 0 aliphatic carbocycles. The van der Waals surface area contributed by atoms with Crippen molar-refractivity contribution in [3.05, 3.63) is 0 Å². The molecule has 0 heterocycles. The lowest BCUT2D eigenvalue weighted by Crippen LogP contribution is -1.98. The number of carbonyl (C=O) groups excluding carboxylic acids is 1. The second kappa shape index (κ2) is 4.75. The average Bonchev–Trinajstić information content (AvgIpc) is 1.90. The summed E-state index contributed by atoms with van der Waals surface area (Å²) in [5.74, 6) is 0. The topological polar surface area (TPSA) is 26.3 Å². The summed E-state index contributed by atoms with van der Waals surface area (Å²) in [4.78, 5) is 10.8. The molecule has 0 amide bonds. The SMILES string of the molecule is CCP(CC)C(=O)OC. The molecule has 0 atom stereocenters. The third kappa shape index (κ3) is 2.81. The number of rotatable bonds is 3. The summed E-state index contributed by atoms with van der Waals surface area (Å²) >= 11 is 0. The van der Waals surface area contributed by atoms with Crippen LogP contribution in [0.3, 0.4) is 0 Å². The van der Waals surface area contributed by atoms with Gasteiger partial charge in [-0.05, 0) is 12.3 Å². The average molecular weight is 148 g/mol. The highest BCUT2D eigenvalue weighted by Gasteiger charge is 2.12. The van der Waals surface area contributed by atoms with E-state index in [0.717, 1.165) is 12.3 Å². The Labute approximate surface area is 57.3 Å². The zero-order valence-corrected chi connectivity index (χ0v) is 7.07. The van der Waals surface area contributed by atoms with Gasteiger partial charge < -0.3 is 4.74 Å². The van der Waals surface area contributed by atoms with Crippen LogP contribution in [0.2, 0.25) is 0 Å². The van der Waals surface area contributed by atoms with Crippen molar-refractivity contribution in [2.75, 3.05) is 19.4 Å². The van der Waals surface area contributed by atoms with Gasteiger partial charge in [-0.25, -0.2) is 4.79 Å². The van der Waals surface area contributed by atoms with Crippen LogP contribution in [0.1, 0.15) is 13.8 Å². The van der Waals surface area contributed by atoms with E-state index in [9.17, 15) is 4.79 Å². The van der Waals surface area contributed by atoms with Gasteiger partial charge in [0.25, 0.3) is 0 Å². The zero-order chi connectivity index (χ0) is 7.28. The molecule has 3 heteroatoms. The van der Waals surface area contributed by atoms with Crippen molar-refractivity contribution in [3.8, 4) is 0 Å². The monoisotopic (exact) mass is 148 g/mol. The van der Waals surface area contributed by atoms with Gasteiger partial charge >= 0.3 is 5.71 Å². The van der Waals surface area contributed by atoms with Crippen LogP contribution in [0.4, 0.5) is 4.79 Å². The largest absolute Gasteiger partial charge is 0.466 e. The van der Waals surface area contributed by atoms with Crippen LogP contribution in [-0.4, -0.2) is 25.1 Å². The van der Waals surface area contributed by atoms with Crippen molar-refractivity contribution < 1.29 is 9.53 Å². The Kier molecular flexibility index (Phi) is 4.70. The predicted octanol–water partition coefficient (Wildman–Crippen LogP) is 2.27. The summed E-state index contributed by atoms with van der Waals surface area (Å²) in [7, 11) is 0.969. The summed E-state index contributed by atoms with van der Waals surface area (Å²) in [6, 6.07) is 0. The number of methoxy groups -OCH3 is 1. The van der Waals surface area contributed by atoms with Gasteiger partial charge in [0.2, 0.25) is 0 Å². The molecule has 0 unspecified atom stereocenters. The molecular formula is C6H13O2P. The van der Waals surface area contributed by atoms with Crippen molar-refractivity contribution in [3.63, 3.8) is 0 Å². The van der Waals surface area contributed by atoms with Gasteiger partial charge in [0.15, 0.2) is 0 Å². The fourth-order valence-electron chi connectivity index (χ4n) is 0.611. The summed E-state index contributed by atoms with van der Waals surface area (Å²) in [5, 5.41) is 0. The zero-order valence-electron chi connectivity index (χ0n) is 6.18. The minimum absolute atomic E-state index is 0.0185. The second-order valence-corrected chi connectivity index (χ2v) is 4.35. The lowest BCUT2D eigenvalue weighted by Gasteiger charge is -2.07. The van der Waals surface area contributed by atoms with Crippen LogP contribution < -0.4 is 0 Å². The van der Waals surface area contributed by atoms with Gasteiger partial charge in [-0.3, -0.25) is 0 Å². The molecule has 0 fully saturated rings. The highest BCUT2D eigenvalue weighted by atomic mass is 31.1. The smallest absolute Gasteiger partial charge is 0.325 e. The molecule has 0 N–H and O–H groups in total. The third-order valence-corrected chi connectivity index (χ3v) is 3.42. The molecule has 0 radical (unpaired) electrons. The first kappa shape index (κ1) is 8.90. The summed E-state index contributed by atoms with van der Waals surface area (Å²) < 4.78 is 4.58. The van der Waals surface area contributed by atoms with Gasteiger partial charge in [-0.2, -0.15) is 0 Å². The summed E-state index contributed by atoms with van der Waals surface area (Å²) in [6.07, 6.45) is 1.89. The maximum absolute atomic E-state index is 10.8. The van der Waals surface area contributed by atoms with E-state index in [1.54, 1.807) is 0 Å². The van der Waals surface area contributed by atoms with E-state index < -0.39 is 7.92 Å². The van der Waals surface area contributed by atoms with E-state index in [0.29, 0.717) is 0 Å². The Bertz CT molecular complexity index is 89.1. The highest BCUT2D eigenvalue weighted by molar-refractivity contribution is 7.74. The molecule has 54 valence electrons. The molecule has 2 nitrogen and oxygen atoms in total. The van der Waals surface area contributed by atoms with E-state index in [1.165, 1.54) is 7.11 Å². The first-order valence-electron chi connectivity index (χ1n) is 3.09. The molecule has 0 aromatic rings. The Morgan fingerprint density at radius 1 is 1.44 bits per heavy atom. The fourth-order valence-corrected chi connectivity index (χ4v) is 1.83. The van der Waals surface area contributed by atoms with E-state index in [2.05, 4.69) is 4.74 Å². The Morgan fingerprint density at radius 3 is 2.00 bits per heavy atom. The van der Waals surface area contributed by atoms with Gasteiger partial charge in [0.05, 0.1) is 7.11 Å². The van der Waals surface area contributed by atoms with Crippen LogP contribution in [0.5, 0.6) is 0 Å². The Morgan fingerprint density at radius 2 is 1.89 bits per heavy atom. The molecular weight excluding hydrogens is 135 g/mol. The van der Waals surface area contributed by atoms with Gasteiger partial charge in [-0.15, -0.1) is 0 Å². The number of carbonyl (C=O) groups is 1. The van der Waals surface area contributed by atoms with Crippen LogP contribution >= 0.6 is 7.92 Å². The molecule has 0 bridgehead atoms. The van der Waals surface area contributed by atoms with Crippen LogP contribution in [-0.2, 0) is 4.74 Å². The van der Waals surface area contributed by atoms with Gasteiger partial charge in [0.1, 0.15) is 0 Å². The first-order chi connectivity index (χ1) is 4.26. The summed E-state index contributed by atoms with van der Waals surface area (Å²) in [5.41, 5.74) is -0.0185. The molecule has 0 spiro atoms. The van der Waals surface area contributed by atoms with E-state index in [-0.39, 0.29) is 5.71 Å². The number of hydrogen-bond acceptors (Lipinski definition) is 2. The van der Waals surface area contributed by atoms with Crippen LogP contribution in [0.15, 0.2) is 0 Å². The van der Waals surface area contributed by atoms with Crippen molar-refractivity contribution in [2.45, 2.75) is 13.8 Å². The molecule has 0 aromatic heterocycles. The van der Waals surface area contributed by atoms with E-state index >= 15 is 0 Å². The molecule has 0 saturated heterocycles. The lowest BCUT2D eigenvalue weighted by atomic mass is 11.0. The third-order valence-electron chi connectivity index (χ3n) is 1.20. The molecule has 9 heavy (non-hydrogen) atoms. The molecule has 0 aromatic carbocycles. The Hall–Kier alpha value is -0.100. The highest BCUT2D eigenvalue weighted by Crippen LogP contribution is 2.35. The van der Waals surface area contributed by atoms with Crippen LogP contribution in [0, 0.1) is 0 Å². The van der Waals surface area contributed by atoms with Gasteiger partial charge in [0, 0.05) is 7.92 Å². The molecule has 0 aliphatic heterocycles. The molecule has 0 saturated carbocycles. The van der Waals surface area contributed by atoms with E-state index in [1.807, 2.05) is 13.8 Å². The fraction of sp³-hybridized carbons (Fsp3) is 0.833. The predicted molar refractivity (Wildman–Crippen MR) is 40.4 cm³/mol. The molecule has 0 aliphatic rings. The van der Waals surface area contributed by atoms with Crippen molar-refractivity contribution in [2.24, 2.45) is 0 Å². The minimum atomic E-state index is -0.479. The standard InChI is InChI=1S/C6H13O2P/c1-4-9(5-2)6(7)8-3/h4-5H2,1-3H3. The van der Waals surface area contributed by atoms with Crippen molar-refractivity contribution in [1.82, 2.24) is 0 Å². The number of hydrogen-bond donors (Lipinski definition) is 0. The Balaban J connectivity index is 3.64. The van der Waals surface area contributed by atoms with Crippen molar-refractivity contribution >= 4 is 13.6 Å². The van der Waals surface area contributed by atoms with Crippen molar-refractivity contribution in [1.29, 1.82) is 0 Å². The number of ether oxygens (including phenoxy) is 1. The van der Waals surface area contributed by atoms with Crippen LogP contribution in [0.25, 0.3) is 0 Å². The minimum Gasteiger partial charge on any atom is -0.466 e. The van der Waals surface area contributed by atoms with E-state index in [4.69, 9.17) is 0 Å². The maximum Gasteiger partial charge on any atom is 0.325 e. The first-order valence-corrected chi connectivity index (χ1v) is 4.80. The normalized spacial score (nSPS) is 9.78. The quantitative estimate of drug-likeness (QED) is 0.574.